The molecule has 2 bridgehead atoms. The molecule has 6 aliphatic rings. The van der Waals surface area contributed by atoms with Crippen molar-refractivity contribution in [3.63, 3.8) is 0 Å². The van der Waals surface area contributed by atoms with Gasteiger partial charge >= 0.3 is 0 Å². The molecule has 8 heteroatoms. The summed E-state index contributed by atoms with van der Waals surface area (Å²) in [6, 6.07) is 14.7. The van der Waals surface area contributed by atoms with E-state index in [0.717, 1.165) is 66.3 Å². The highest BCUT2D eigenvalue weighted by molar-refractivity contribution is 7.22. The fraction of sp³-hybridized carbons (Fsp3) is 0.485. The Morgan fingerprint density at radius 1 is 1.05 bits per heavy atom. The van der Waals surface area contributed by atoms with E-state index < -0.39 is 0 Å². The summed E-state index contributed by atoms with van der Waals surface area (Å²) in [7, 11) is 3.56. The number of piperidine rings is 1. The lowest BCUT2D eigenvalue weighted by Crippen LogP contribution is -2.36. The first-order valence-corrected chi connectivity index (χ1v) is 16.0. The van der Waals surface area contributed by atoms with E-state index in [-0.39, 0.29) is 5.91 Å². The zero-order valence-electron chi connectivity index (χ0n) is 23.9. The van der Waals surface area contributed by atoms with Gasteiger partial charge in [0, 0.05) is 66.1 Å². The fourth-order valence-electron chi connectivity index (χ4n) is 7.69. The molecule has 1 saturated carbocycles. The highest BCUT2D eigenvalue weighted by Gasteiger charge is 2.80. The van der Waals surface area contributed by atoms with Crippen molar-refractivity contribution < 1.29 is 14.3 Å². The van der Waals surface area contributed by atoms with Crippen molar-refractivity contribution in [3.8, 4) is 16.3 Å². The highest BCUT2D eigenvalue weighted by Crippen LogP contribution is 2.59. The van der Waals surface area contributed by atoms with Crippen LogP contribution < -0.4 is 9.64 Å². The summed E-state index contributed by atoms with van der Waals surface area (Å²) in [5, 5.41) is 2.43. The van der Waals surface area contributed by atoms with Gasteiger partial charge in [0.1, 0.15) is 11.9 Å². The van der Waals surface area contributed by atoms with Gasteiger partial charge < -0.3 is 23.8 Å². The number of hydrogen-bond donors (Lipinski definition) is 0. The maximum atomic E-state index is 13.5. The SMILES string of the molecule is COc1cc(C(=O)N2CC3[C@@H]4C2N34)cc2sc(-c3cc4ccc(N5CCC(OC)CC5)cc4n3CC3CC3)c(C)c12. The van der Waals surface area contributed by atoms with Crippen LogP contribution >= 0.6 is 11.3 Å². The van der Waals surface area contributed by atoms with Gasteiger partial charge in [-0.2, -0.15) is 0 Å². The van der Waals surface area contributed by atoms with Crippen molar-refractivity contribution in [1.82, 2.24) is 14.4 Å². The van der Waals surface area contributed by atoms with Crippen LogP contribution in [0.3, 0.4) is 0 Å². The summed E-state index contributed by atoms with van der Waals surface area (Å²) in [5.74, 6) is 1.69. The van der Waals surface area contributed by atoms with E-state index in [1.165, 1.54) is 45.6 Å². The third kappa shape index (κ3) is 3.66. The summed E-state index contributed by atoms with van der Waals surface area (Å²) in [5.41, 5.74) is 5.90. The first-order valence-electron chi connectivity index (χ1n) is 15.1. The smallest absolute Gasteiger partial charge is 0.255 e. The van der Waals surface area contributed by atoms with Gasteiger partial charge in [0.05, 0.1) is 35.3 Å². The molecular weight excluding hydrogens is 532 g/mol. The maximum absolute atomic E-state index is 13.5. The number of nitrogens with zero attached hydrogens (tertiary/aromatic N) is 4. The van der Waals surface area contributed by atoms with Crippen LogP contribution in [-0.4, -0.2) is 78.5 Å². The van der Waals surface area contributed by atoms with Gasteiger partial charge in [0.2, 0.25) is 0 Å². The van der Waals surface area contributed by atoms with Crippen molar-refractivity contribution in [2.24, 2.45) is 5.92 Å². The van der Waals surface area contributed by atoms with Crippen LogP contribution in [0.15, 0.2) is 36.4 Å². The molecule has 212 valence electrons. The van der Waals surface area contributed by atoms with Gasteiger partial charge in [0.25, 0.3) is 5.91 Å². The summed E-state index contributed by atoms with van der Waals surface area (Å²) >= 11 is 1.80. The Kier molecular flexibility index (Phi) is 5.22. The number of carbonyl (C=O) groups is 1. The van der Waals surface area contributed by atoms with E-state index in [2.05, 4.69) is 56.5 Å². The number of methoxy groups -OCH3 is 2. The number of thiophene rings is 1. The third-order valence-corrected chi connectivity index (χ3v) is 11.6. The third-order valence-electron chi connectivity index (χ3n) is 10.4. The van der Waals surface area contributed by atoms with E-state index in [4.69, 9.17) is 9.47 Å². The molecular formula is C33H36N4O3S. The minimum Gasteiger partial charge on any atom is -0.496 e. The van der Waals surface area contributed by atoms with Crippen LogP contribution in [0, 0.1) is 12.8 Å². The van der Waals surface area contributed by atoms with E-state index >= 15 is 0 Å². The second-order valence-electron chi connectivity index (χ2n) is 12.7. The lowest BCUT2D eigenvalue weighted by molar-refractivity contribution is 0.0776. The molecule has 2 aromatic carbocycles. The van der Waals surface area contributed by atoms with Gasteiger partial charge in [-0.1, -0.05) is 6.07 Å². The number of aryl methyl sites for hydroxylation is 1. The van der Waals surface area contributed by atoms with E-state index in [9.17, 15) is 4.79 Å². The Balaban J connectivity index is 1.12. The quantitative estimate of drug-likeness (QED) is 0.267. The molecule has 5 aliphatic heterocycles. The Morgan fingerprint density at radius 3 is 2.54 bits per heavy atom. The average molecular weight is 569 g/mol. The van der Waals surface area contributed by atoms with Crippen LogP contribution in [0.4, 0.5) is 5.69 Å². The number of piperazine rings is 1. The zero-order valence-corrected chi connectivity index (χ0v) is 24.7. The Morgan fingerprint density at radius 2 is 1.85 bits per heavy atom. The second-order valence-corrected chi connectivity index (χ2v) is 13.8. The number of aromatic nitrogens is 1. The second kappa shape index (κ2) is 8.72. The summed E-state index contributed by atoms with van der Waals surface area (Å²) in [6.45, 7) is 6.21. The molecule has 4 aromatic rings. The molecule has 4 atom stereocenters. The van der Waals surface area contributed by atoms with Gasteiger partial charge in [0.15, 0.2) is 0 Å². The van der Waals surface area contributed by atoms with Crippen LogP contribution in [0.1, 0.15) is 41.6 Å². The molecule has 3 unspecified atom stereocenters. The van der Waals surface area contributed by atoms with Crippen molar-refractivity contribution in [2.45, 2.75) is 63.5 Å². The van der Waals surface area contributed by atoms with Crippen molar-refractivity contribution in [1.29, 1.82) is 0 Å². The molecule has 6 fully saturated rings. The number of rotatable bonds is 7. The van der Waals surface area contributed by atoms with E-state index in [1.54, 1.807) is 18.4 Å². The molecule has 1 amide bonds. The molecule has 1 aliphatic carbocycles. The van der Waals surface area contributed by atoms with Crippen LogP contribution in [-0.2, 0) is 11.3 Å². The molecule has 0 N–H and O–H groups in total. The van der Waals surface area contributed by atoms with Crippen molar-refractivity contribution in [2.75, 3.05) is 38.8 Å². The Hall–Kier alpha value is -3.07. The van der Waals surface area contributed by atoms with Gasteiger partial charge in [-0.15, -0.1) is 11.3 Å². The monoisotopic (exact) mass is 568 g/mol. The summed E-state index contributed by atoms with van der Waals surface area (Å²) < 4.78 is 15.2. The lowest BCUT2D eigenvalue weighted by Gasteiger charge is -2.33. The van der Waals surface area contributed by atoms with Crippen molar-refractivity contribution >= 4 is 43.9 Å². The number of ether oxygens (including phenoxy) is 2. The Labute approximate surface area is 244 Å². The number of fused-ring (bicyclic) bond motifs is 3. The average Bonchev–Trinajstić information content (AvgIpc) is 3.95. The topological polar surface area (TPSA) is 49.9 Å². The minimum atomic E-state index is 0.139. The molecule has 0 spiro atoms. The van der Waals surface area contributed by atoms with Crippen LogP contribution in [0.5, 0.6) is 5.75 Å². The molecule has 5 saturated heterocycles. The van der Waals surface area contributed by atoms with Gasteiger partial charge in [-0.05, 0) is 74.4 Å². The molecule has 2 aromatic heterocycles. The number of anilines is 1. The minimum absolute atomic E-state index is 0.139. The number of amides is 1. The largest absolute Gasteiger partial charge is 0.496 e. The molecule has 41 heavy (non-hydrogen) atoms. The van der Waals surface area contributed by atoms with E-state index in [0.29, 0.717) is 24.4 Å². The predicted molar refractivity (Wildman–Crippen MR) is 163 cm³/mol. The van der Waals surface area contributed by atoms with Crippen molar-refractivity contribution in [3.05, 3.63) is 47.5 Å². The fourth-order valence-corrected chi connectivity index (χ4v) is 8.99. The number of benzene rings is 2. The lowest BCUT2D eigenvalue weighted by atomic mass is 10.1. The molecule has 7 heterocycles. The van der Waals surface area contributed by atoms with Gasteiger partial charge in [-0.3, -0.25) is 9.69 Å². The number of hydrogen-bond acceptors (Lipinski definition) is 6. The highest BCUT2D eigenvalue weighted by atomic mass is 32.1. The first-order chi connectivity index (χ1) is 20.0. The van der Waals surface area contributed by atoms with E-state index in [1.807, 2.05) is 13.2 Å². The molecule has 0 radical (unpaired) electrons. The maximum Gasteiger partial charge on any atom is 0.255 e. The molecule has 10 rings (SSSR count). The molecule has 7 nitrogen and oxygen atoms in total. The normalized spacial score (nSPS) is 26.7. The standard InChI is InChI=1S/C33H36N4O3S/c1-18-29-27(40-3)13-21(33(38)36-17-26-30-32(36)37(26)30)14-28(29)41-31(18)25-12-20-6-7-22(34-10-8-23(39-2)9-11-34)15-24(20)35(25)16-19-4-5-19/h6-7,12-15,19,23,26,30,32H,4-5,8-11,16-17H2,1-3H3/t26?,30-,32?,37?/m1/s1. The van der Waals surface area contributed by atoms with Gasteiger partial charge in [-0.25, -0.2) is 0 Å². The van der Waals surface area contributed by atoms with Crippen LogP contribution in [0.25, 0.3) is 31.6 Å². The predicted octanol–water partition coefficient (Wildman–Crippen LogP) is 5.71. The summed E-state index contributed by atoms with van der Waals surface area (Å²) in [6.07, 6.45) is 5.50. The van der Waals surface area contributed by atoms with Crippen LogP contribution in [0.2, 0.25) is 0 Å². The Bertz CT molecular complexity index is 1710. The number of carbonyl (C=O) groups excluding carboxylic acids is 1. The summed E-state index contributed by atoms with van der Waals surface area (Å²) in [4.78, 5) is 21.8. The first kappa shape index (κ1) is 24.5. The zero-order chi connectivity index (χ0) is 27.6.